The van der Waals surface area contributed by atoms with Gasteiger partial charge in [0.15, 0.2) is 0 Å². The van der Waals surface area contributed by atoms with Gasteiger partial charge in [-0.3, -0.25) is 0 Å². The molecule has 1 aromatic heterocycles. The number of thioether (sulfide) groups is 1. The summed E-state index contributed by atoms with van der Waals surface area (Å²) in [6.45, 7) is 2.06. The Morgan fingerprint density at radius 2 is 1.94 bits per heavy atom. The molecule has 0 saturated carbocycles. The number of hydrogen-bond donors (Lipinski definition) is 1. The van der Waals surface area contributed by atoms with Crippen molar-refractivity contribution in [3.05, 3.63) is 51.1 Å². The van der Waals surface area contributed by atoms with Gasteiger partial charge in [-0.25, -0.2) is 0 Å². The number of halogens is 1. The predicted molar refractivity (Wildman–Crippen MR) is 80.7 cm³/mol. The van der Waals surface area contributed by atoms with Crippen LogP contribution in [0.5, 0.6) is 0 Å². The first-order valence-corrected chi connectivity index (χ1v) is 7.98. The topological polar surface area (TPSA) is 26.0 Å². The molecular weight excluding hydrogens is 314 g/mol. The molecule has 0 saturated heterocycles. The van der Waals surface area contributed by atoms with Crippen LogP contribution in [0.1, 0.15) is 17.7 Å². The zero-order chi connectivity index (χ0) is 12.3. The lowest BCUT2D eigenvalue weighted by Gasteiger charge is -2.19. The summed E-state index contributed by atoms with van der Waals surface area (Å²) in [7, 11) is 0. The van der Waals surface area contributed by atoms with E-state index in [1.807, 2.05) is 11.8 Å². The minimum absolute atomic E-state index is 0.137. The average molecular weight is 328 g/mol. The number of thiophene rings is 1. The van der Waals surface area contributed by atoms with Gasteiger partial charge < -0.3 is 5.73 Å². The van der Waals surface area contributed by atoms with Gasteiger partial charge in [-0.05, 0) is 53.6 Å². The van der Waals surface area contributed by atoms with Crippen LogP contribution in [0.3, 0.4) is 0 Å². The minimum atomic E-state index is 0.137. The second kappa shape index (κ2) is 6.05. The molecule has 0 aliphatic rings. The zero-order valence-electron chi connectivity index (χ0n) is 9.47. The number of benzene rings is 1. The largest absolute Gasteiger partial charge is 0.327 e. The fourth-order valence-corrected chi connectivity index (χ4v) is 3.71. The molecule has 4 heteroatoms. The Morgan fingerprint density at radius 1 is 1.24 bits per heavy atom. The van der Waals surface area contributed by atoms with Gasteiger partial charge in [0.25, 0.3) is 0 Å². The highest BCUT2D eigenvalue weighted by Crippen LogP contribution is 2.38. The SMILES string of the molecule is CC(N)C(Sc1ccc(Br)cc1)c1ccsc1. The lowest BCUT2D eigenvalue weighted by atomic mass is 10.1. The fraction of sp³-hybridized carbons (Fsp3) is 0.231. The highest BCUT2D eigenvalue weighted by Gasteiger charge is 2.17. The smallest absolute Gasteiger partial charge is 0.0501 e. The molecule has 0 radical (unpaired) electrons. The van der Waals surface area contributed by atoms with Crippen molar-refractivity contribution in [1.29, 1.82) is 0 Å². The number of rotatable bonds is 4. The standard InChI is InChI=1S/C13H14BrNS2/c1-9(15)13(10-6-7-16-8-10)17-12-4-2-11(14)3-5-12/h2-9,13H,15H2,1H3. The Kier molecular flexibility index (Phi) is 4.68. The van der Waals surface area contributed by atoms with Gasteiger partial charge in [-0.2, -0.15) is 11.3 Å². The number of nitrogens with two attached hydrogens (primary N) is 1. The molecule has 0 aliphatic carbocycles. The first-order valence-electron chi connectivity index (χ1n) is 5.36. The molecule has 1 heterocycles. The van der Waals surface area contributed by atoms with E-state index in [-0.39, 0.29) is 6.04 Å². The maximum absolute atomic E-state index is 6.08. The van der Waals surface area contributed by atoms with Crippen molar-refractivity contribution in [1.82, 2.24) is 0 Å². The minimum Gasteiger partial charge on any atom is -0.327 e. The van der Waals surface area contributed by atoms with Gasteiger partial charge >= 0.3 is 0 Å². The molecule has 1 nitrogen and oxygen atoms in total. The quantitative estimate of drug-likeness (QED) is 0.824. The Balaban J connectivity index is 2.16. The maximum atomic E-state index is 6.08. The first-order chi connectivity index (χ1) is 8.16. The molecule has 1 aromatic carbocycles. The van der Waals surface area contributed by atoms with E-state index in [2.05, 4.69) is 63.9 Å². The molecule has 90 valence electrons. The lowest BCUT2D eigenvalue weighted by Crippen LogP contribution is -2.22. The summed E-state index contributed by atoms with van der Waals surface area (Å²) in [6.07, 6.45) is 0. The van der Waals surface area contributed by atoms with Gasteiger partial charge in [-0.1, -0.05) is 15.9 Å². The summed E-state index contributed by atoms with van der Waals surface area (Å²) in [5.74, 6) is 0. The van der Waals surface area contributed by atoms with Crippen molar-refractivity contribution in [2.24, 2.45) is 5.73 Å². The molecule has 0 spiro atoms. The molecule has 0 aliphatic heterocycles. The van der Waals surface area contributed by atoms with Gasteiger partial charge in [0.2, 0.25) is 0 Å². The molecule has 0 fully saturated rings. The van der Waals surface area contributed by atoms with Crippen molar-refractivity contribution < 1.29 is 0 Å². The Labute approximate surface area is 119 Å². The van der Waals surface area contributed by atoms with E-state index in [9.17, 15) is 0 Å². The van der Waals surface area contributed by atoms with Crippen LogP contribution in [0.4, 0.5) is 0 Å². The molecule has 2 N–H and O–H groups in total. The normalized spacial score (nSPS) is 14.5. The summed E-state index contributed by atoms with van der Waals surface area (Å²) in [6, 6.07) is 10.7. The van der Waals surface area contributed by atoms with Crippen LogP contribution in [-0.4, -0.2) is 6.04 Å². The average Bonchev–Trinajstić information content (AvgIpc) is 2.81. The molecule has 0 amide bonds. The van der Waals surface area contributed by atoms with Gasteiger partial charge in [0.1, 0.15) is 0 Å². The second-order valence-corrected chi connectivity index (χ2v) is 6.82. The van der Waals surface area contributed by atoms with E-state index < -0.39 is 0 Å². The summed E-state index contributed by atoms with van der Waals surface area (Å²) < 4.78 is 1.11. The van der Waals surface area contributed by atoms with Gasteiger partial charge in [0, 0.05) is 15.4 Å². The zero-order valence-corrected chi connectivity index (χ0v) is 12.7. The van der Waals surface area contributed by atoms with Crippen molar-refractivity contribution in [2.75, 3.05) is 0 Å². The Hall–Kier alpha value is -0.290. The maximum Gasteiger partial charge on any atom is 0.0501 e. The van der Waals surface area contributed by atoms with Crippen LogP contribution in [0.2, 0.25) is 0 Å². The third-order valence-electron chi connectivity index (χ3n) is 2.43. The van der Waals surface area contributed by atoms with E-state index in [1.54, 1.807) is 11.3 Å². The molecule has 2 unspecified atom stereocenters. The lowest BCUT2D eigenvalue weighted by molar-refractivity contribution is 0.723. The highest BCUT2D eigenvalue weighted by atomic mass is 79.9. The molecule has 2 atom stereocenters. The second-order valence-electron chi connectivity index (χ2n) is 3.91. The van der Waals surface area contributed by atoms with Crippen LogP contribution in [0, 0.1) is 0 Å². The van der Waals surface area contributed by atoms with Crippen LogP contribution in [0.25, 0.3) is 0 Å². The fourth-order valence-electron chi connectivity index (χ4n) is 1.58. The number of hydrogen-bond acceptors (Lipinski definition) is 3. The highest BCUT2D eigenvalue weighted by molar-refractivity contribution is 9.10. The first kappa shape index (κ1) is 13.1. The van der Waals surface area contributed by atoms with Crippen LogP contribution in [-0.2, 0) is 0 Å². The van der Waals surface area contributed by atoms with E-state index >= 15 is 0 Å². The molecule has 0 bridgehead atoms. The van der Waals surface area contributed by atoms with E-state index in [0.29, 0.717) is 5.25 Å². The van der Waals surface area contributed by atoms with E-state index in [0.717, 1.165) is 4.47 Å². The monoisotopic (exact) mass is 327 g/mol. The third kappa shape index (κ3) is 3.58. The van der Waals surface area contributed by atoms with Crippen molar-refractivity contribution in [2.45, 2.75) is 23.1 Å². The van der Waals surface area contributed by atoms with Crippen molar-refractivity contribution in [3.8, 4) is 0 Å². The summed E-state index contributed by atoms with van der Waals surface area (Å²) in [4.78, 5) is 1.25. The van der Waals surface area contributed by atoms with Crippen molar-refractivity contribution >= 4 is 39.0 Å². The summed E-state index contributed by atoms with van der Waals surface area (Å²) >= 11 is 6.99. The molecule has 17 heavy (non-hydrogen) atoms. The molecule has 2 aromatic rings. The Morgan fingerprint density at radius 3 is 2.47 bits per heavy atom. The predicted octanol–water partition coefficient (Wildman–Crippen LogP) is 4.69. The van der Waals surface area contributed by atoms with Gasteiger partial charge in [-0.15, -0.1) is 11.8 Å². The summed E-state index contributed by atoms with van der Waals surface area (Å²) in [5, 5.41) is 4.61. The third-order valence-corrected chi connectivity index (χ3v) is 5.16. The van der Waals surface area contributed by atoms with Crippen LogP contribution in [0.15, 0.2) is 50.5 Å². The molecular formula is C13H14BrNS2. The Bertz CT molecular complexity index is 451. The molecule has 2 rings (SSSR count). The summed E-state index contributed by atoms with van der Waals surface area (Å²) in [5.41, 5.74) is 7.40. The van der Waals surface area contributed by atoms with Crippen LogP contribution < -0.4 is 5.73 Å². The van der Waals surface area contributed by atoms with E-state index in [4.69, 9.17) is 5.73 Å². The van der Waals surface area contributed by atoms with Crippen LogP contribution >= 0.6 is 39.0 Å². The van der Waals surface area contributed by atoms with Crippen molar-refractivity contribution in [3.63, 3.8) is 0 Å². The van der Waals surface area contributed by atoms with E-state index in [1.165, 1.54) is 10.5 Å². The van der Waals surface area contributed by atoms with Gasteiger partial charge in [0.05, 0.1) is 5.25 Å².